The molecule has 0 amide bonds. The zero-order valence-electron chi connectivity index (χ0n) is 11.4. The number of pyridine rings is 1. The van der Waals surface area contributed by atoms with Gasteiger partial charge in [0.05, 0.1) is 30.7 Å². The molecule has 0 radical (unpaired) electrons. The van der Waals surface area contributed by atoms with E-state index >= 15 is 0 Å². The molecule has 2 heterocycles. The standard InChI is InChI=1S/C14H17ClN4O/c1-20-10-9-18(7-4-6-16)14-12(11-15)19-8-3-2-5-13(19)17-14/h2-3,5,8H,4,7,9-11H2,1H3. The van der Waals surface area contributed by atoms with Gasteiger partial charge in [0.25, 0.3) is 0 Å². The van der Waals surface area contributed by atoms with Crippen molar-refractivity contribution in [2.24, 2.45) is 0 Å². The predicted octanol–water partition coefficient (Wildman–Crippen LogP) is 2.44. The molecular formula is C14H17ClN4O. The molecular weight excluding hydrogens is 276 g/mol. The van der Waals surface area contributed by atoms with E-state index in [1.165, 1.54) is 0 Å². The van der Waals surface area contributed by atoms with Crippen LogP contribution in [0.1, 0.15) is 12.1 Å². The maximum Gasteiger partial charge on any atom is 0.152 e. The molecule has 2 aromatic rings. The number of rotatable bonds is 7. The van der Waals surface area contributed by atoms with E-state index in [4.69, 9.17) is 21.6 Å². The van der Waals surface area contributed by atoms with Crippen LogP contribution in [-0.2, 0) is 10.6 Å². The van der Waals surface area contributed by atoms with Crippen molar-refractivity contribution in [3.05, 3.63) is 30.1 Å². The van der Waals surface area contributed by atoms with Gasteiger partial charge in [-0.25, -0.2) is 4.98 Å². The van der Waals surface area contributed by atoms with Crippen LogP contribution >= 0.6 is 11.6 Å². The van der Waals surface area contributed by atoms with E-state index in [2.05, 4.69) is 16.0 Å². The summed E-state index contributed by atoms with van der Waals surface area (Å²) >= 11 is 6.08. The van der Waals surface area contributed by atoms with Crippen LogP contribution < -0.4 is 4.90 Å². The predicted molar refractivity (Wildman–Crippen MR) is 79.1 cm³/mol. The van der Waals surface area contributed by atoms with Crippen LogP contribution in [0, 0.1) is 11.3 Å². The van der Waals surface area contributed by atoms with E-state index in [-0.39, 0.29) is 0 Å². The molecule has 0 aliphatic carbocycles. The highest BCUT2D eigenvalue weighted by Crippen LogP contribution is 2.23. The van der Waals surface area contributed by atoms with Crippen LogP contribution in [-0.4, -0.2) is 36.2 Å². The van der Waals surface area contributed by atoms with Gasteiger partial charge in [-0.15, -0.1) is 11.6 Å². The second kappa shape index (κ2) is 7.13. The smallest absolute Gasteiger partial charge is 0.152 e. The zero-order chi connectivity index (χ0) is 14.4. The van der Waals surface area contributed by atoms with Crippen molar-refractivity contribution >= 4 is 23.1 Å². The summed E-state index contributed by atoms with van der Waals surface area (Å²) in [4.78, 5) is 6.68. The van der Waals surface area contributed by atoms with Crippen LogP contribution in [0.15, 0.2) is 24.4 Å². The number of methoxy groups -OCH3 is 1. The van der Waals surface area contributed by atoms with Gasteiger partial charge in [-0.3, -0.25) is 0 Å². The molecule has 0 spiro atoms. The molecule has 106 valence electrons. The number of nitrogens with zero attached hydrogens (tertiary/aromatic N) is 4. The lowest BCUT2D eigenvalue weighted by molar-refractivity contribution is 0.205. The van der Waals surface area contributed by atoms with Crippen LogP contribution in [0.25, 0.3) is 5.65 Å². The molecule has 5 nitrogen and oxygen atoms in total. The molecule has 20 heavy (non-hydrogen) atoms. The van der Waals surface area contributed by atoms with Crippen LogP contribution in [0.3, 0.4) is 0 Å². The SMILES string of the molecule is COCCN(CCC#N)c1nc2ccccn2c1CCl. The molecule has 0 fully saturated rings. The molecule has 2 aromatic heterocycles. The van der Waals surface area contributed by atoms with Gasteiger partial charge in [0.1, 0.15) is 5.65 Å². The Kier molecular flexibility index (Phi) is 5.22. The number of hydrogen-bond acceptors (Lipinski definition) is 4. The molecule has 0 bridgehead atoms. The molecule has 0 aliphatic heterocycles. The quantitative estimate of drug-likeness (QED) is 0.736. The van der Waals surface area contributed by atoms with Gasteiger partial charge in [0.15, 0.2) is 5.82 Å². The minimum absolute atomic E-state index is 0.372. The Hall–Kier alpha value is -1.77. The molecule has 0 saturated carbocycles. The van der Waals surface area contributed by atoms with Crippen molar-refractivity contribution in [1.29, 1.82) is 5.26 Å². The Labute approximate surface area is 123 Å². The molecule has 6 heteroatoms. The summed E-state index contributed by atoms with van der Waals surface area (Å²) in [5.41, 5.74) is 1.80. The number of ether oxygens (including phenoxy) is 1. The van der Waals surface area contributed by atoms with Crippen molar-refractivity contribution < 1.29 is 4.74 Å². The van der Waals surface area contributed by atoms with Crippen LogP contribution in [0.2, 0.25) is 0 Å². The van der Waals surface area contributed by atoms with Crippen LogP contribution in [0.4, 0.5) is 5.82 Å². The first-order valence-corrected chi connectivity index (χ1v) is 6.98. The number of nitriles is 1. The van der Waals surface area contributed by atoms with Gasteiger partial charge in [0, 0.05) is 26.4 Å². The minimum Gasteiger partial charge on any atom is -0.383 e. The van der Waals surface area contributed by atoms with Gasteiger partial charge in [-0.05, 0) is 12.1 Å². The number of fused-ring (bicyclic) bond motifs is 1. The maximum atomic E-state index is 8.79. The Bertz CT molecular complexity index is 605. The Balaban J connectivity index is 2.38. The molecule has 0 unspecified atom stereocenters. The Morgan fingerprint density at radius 1 is 1.45 bits per heavy atom. The fourth-order valence-electron chi connectivity index (χ4n) is 2.12. The van der Waals surface area contributed by atoms with Gasteiger partial charge in [-0.1, -0.05) is 6.07 Å². The lowest BCUT2D eigenvalue weighted by Crippen LogP contribution is -2.29. The Morgan fingerprint density at radius 2 is 2.30 bits per heavy atom. The first kappa shape index (κ1) is 14.6. The molecule has 0 saturated heterocycles. The summed E-state index contributed by atoms with van der Waals surface area (Å²) in [7, 11) is 1.66. The van der Waals surface area contributed by atoms with Crippen molar-refractivity contribution in [3.63, 3.8) is 0 Å². The molecule has 0 aromatic carbocycles. The molecule has 2 rings (SSSR count). The average molecular weight is 293 g/mol. The summed E-state index contributed by atoms with van der Waals surface area (Å²) < 4.78 is 7.11. The number of imidazole rings is 1. The fraction of sp³-hybridized carbons (Fsp3) is 0.429. The minimum atomic E-state index is 0.372. The topological polar surface area (TPSA) is 53.6 Å². The molecule has 0 aliphatic rings. The van der Waals surface area contributed by atoms with Crippen molar-refractivity contribution in [2.75, 3.05) is 31.7 Å². The largest absolute Gasteiger partial charge is 0.383 e. The van der Waals surface area contributed by atoms with Gasteiger partial charge >= 0.3 is 0 Å². The normalized spacial score (nSPS) is 10.7. The summed E-state index contributed by atoms with van der Waals surface area (Å²) in [5.74, 6) is 1.20. The number of halogens is 1. The van der Waals surface area contributed by atoms with Crippen LogP contribution in [0.5, 0.6) is 0 Å². The highest BCUT2D eigenvalue weighted by Gasteiger charge is 2.17. The number of anilines is 1. The summed E-state index contributed by atoms with van der Waals surface area (Å²) in [5, 5.41) is 8.79. The monoisotopic (exact) mass is 292 g/mol. The van der Waals surface area contributed by atoms with Gasteiger partial charge in [0.2, 0.25) is 0 Å². The molecule has 0 N–H and O–H groups in total. The summed E-state index contributed by atoms with van der Waals surface area (Å²) in [6.45, 7) is 1.89. The van der Waals surface area contributed by atoms with Crippen molar-refractivity contribution in [2.45, 2.75) is 12.3 Å². The lowest BCUT2D eigenvalue weighted by atomic mass is 10.3. The number of hydrogen-bond donors (Lipinski definition) is 0. The van der Waals surface area contributed by atoms with E-state index in [1.54, 1.807) is 7.11 Å². The summed E-state index contributed by atoms with van der Waals surface area (Å²) in [6, 6.07) is 8.00. The van der Waals surface area contributed by atoms with Crippen molar-refractivity contribution in [3.8, 4) is 6.07 Å². The van der Waals surface area contributed by atoms with E-state index in [9.17, 15) is 0 Å². The number of aromatic nitrogens is 2. The second-order valence-electron chi connectivity index (χ2n) is 4.33. The molecule has 0 atom stereocenters. The van der Waals surface area contributed by atoms with E-state index < -0.39 is 0 Å². The summed E-state index contributed by atoms with van der Waals surface area (Å²) in [6.07, 6.45) is 2.39. The van der Waals surface area contributed by atoms with Gasteiger partial charge < -0.3 is 14.0 Å². The lowest BCUT2D eigenvalue weighted by Gasteiger charge is -2.22. The average Bonchev–Trinajstić information content (AvgIpc) is 2.85. The third-order valence-corrected chi connectivity index (χ3v) is 3.35. The van der Waals surface area contributed by atoms with Gasteiger partial charge in [-0.2, -0.15) is 5.26 Å². The zero-order valence-corrected chi connectivity index (χ0v) is 12.2. The first-order valence-electron chi connectivity index (χ1n) is 6.44. The second-order valence-corrected chi connectivity index (χ2v) is 4.60. The highest BCUT2D eigenvalue weighted by atomic mass is 35.5. The van der Waals surface area contributed by atoms with E-state index in [0.717, 1.165) is 17.2 Å². The first-order chi connectivity index (χ1) is 9.81. The highest BCUT2D eigenvalue weighted by molar-refractivity contribution is 6.17. The third kappa shape index (κ3) is 3.03. The Morgan fingerprint density at radius 3 is 3.00 bits per heavy atom. The number of alkyl halides is 1. The fourth-order valence-corrected chi connectivity index (χ4v) is 2.37. The maximum absolute atomic E-state index is 8.79. The third-order valence-electron chi connectivity index (χ3n) is 3.09. The van der Waals surface area contributed by atoms with Crippen molar-refractivity contribution in [1.82, 2.24) is 9.38 Å². The van der Waals surface area contributed by atoms with E-state index in [0.29, 0.717) is 32.0 Å². The van der Waals surface area contributed by atoms with E-state index in [1.807, 2.05) is 28.8 Å².